The number of benzene rings is 1. The third-order valence-corrected chi connectivity index (χ3v) is 2.92. The van der Waals surface area contributed by atoms with Gasteiger partial charge in [0.1, 0.15) is 11.5 Å². The summed E-state index contributed by atoms with van der Waals surface area (Å²) in [6.07, 6.45) is 3.23. The van der Waals surface area contributed by atoms with Gasteiger partial charge in [-0.15, -0.1) is 0 Å². The fourth-order valence-electron chi connectivity index (χ4n) is 1.47. The van der Waals surface area contributed by atoms with Crippen LogP contribution < -0.4 is 4.74 Å². The summed E-state index contributed by atoms with van der Waals surface area (Å²) in [6, 6.07) is 6.34. The molecule has 0 saturated heterocycles. The molecule has 0 fully saturated rings. The van der Waals surface area contributed by atoms with Gasteiger partial charge in [-0.2, -0.15) is 0 Å². The summed E-state index contributed by atoms with van der Waals surface area (Å²) in [4.78, 5) is 14.2. The second-order valence-corrected chi connectivity index (χ2v) is 4.47. The number of nitrogens with zero attached hydrogens (tertiary/aromatic N) is 2. The molecule has 92 valence electrons. The minimum atomic E-state index is -0.415. The molecule has 0 radical (unpaired) electrons. The van der Waals surface area contributed by atoms with Gasteiger partial charge >= 0.3 is 0 Å². The molecule has 0 atom stereocenters. The maximum Gasteiger partial charge on any atom is 0.272 e. The van der Waals surface area contributed by atoms with Crippen molar-refractivity contribution in [2.45, 2.75) is 6.92 Å². The fourth-order valence-corrected chi connectivity index (χ4v) is 1.80. The lowest BCUT2D eigenvalue weighted by Crippen LogP contribution is -1.92. The molecule has 2 rings (SSSR count). The highest BCUT2D eigenvalue weighted by molar-refractivity contribution is 9.10. The van der Waals surface area contributed by atoms with Gasteiger partial charge in [0.05, 0.1) is 9.40 Å². The van der Waals surface area contributed by atoms with Gasteiger partial charge < -0.3 is 4.74 Å². The van der Waals surface area contributed by atoms with Crippen LogP contribution in [0, 0.1) is 17.0 Å². The zero-order valence-corrected chi connectivity index (χ0v) is 11.0. The lowest BCUT2D eigenvalue weighted by Gasteiger charge is -2.07. The van der Waals surface area contributed by atoms with E-state index < -0.39 is 4.92 Å². The first-order valence-corrected chi connectivity index (χ1v) is 5.89. The number of nitro benzene ring substituents is 1. The van der Waals surface area contributed by atoms with Gasteiger partial charge in [-0.25, -0.2) is 0 Å². The van der Waals surface area contributed by atoms with E-state index >= 15 is 0 Å². The Labute approximate surface area is 112 Å². The summed E-state index contributed by atoms with van der Waals surface area (Å²) in [5.74, 6) is 1.16. The molecule has 0 saturated carbocycles. The minimum Gasteiger partial charge on any atom is -0.456 e. The first-order chi connectivity index (χ1) is 8.58. The van der Waals surface area contributed by atoms with Crippen LogP contribution in [-0.2, 0) is 0 Å². The molecule has 0 bridgehead atoms. The summed E-state index contributed by atoms with van der Waals surface area (Å²) in [5.41, 5.74) is 0.638. The van der Waals surface area contributed by atoms with Crippen molar-refractivity contribution in [3.63, 3.8) is 0 Å². The molecule has 0 spiro atoms. The number of rotatable bonds is 3. The first kappa shape index (κ1) is 12.5. The number of nitro groups is 1. The van der Waals surface area contributed by atoms with Crippen LogP contribution >= 0.6 is 15.9 Å². The summed E-state index contributed by atoms with van der Waals surface area (Å²) in [5, 5.41) is 10.7. The number of aromatic nitrogens is 1. The largest absolute Gasteiger partial charge is 0.456 e. The fraction of sp³-hybridized carbons (Fsp3) is 0.0833. The molecular formula is C12H9BrN2O3. The van der Waals surface area contributed by atoms with E-state index in [2.05, 4.69) is 20.9 Å². The van der Waals surface area contributed by atoms with Gasteiger partial charge in [-0.3, -0.25) is 15.1 Å². The average Bonchev–Trinajstić information content (AvgIpc) is 2.32. The van der Waals surface area contributed by atoms with E-state index in [1.165, 1.54) is 6.07 Å². The van der Waals surface area contributed by atoms with Crippen LogP contribution in [0.2, 0.25) is 0 Å². The highest BCUT2D eigenvalue weighted by Gasteiger charge is 2.11. The zero-order chi connectivity index (χ0) is 13.1. The quantitative estimate of drug-likeness (QED) is 0.638. The maximum absolute atomic E-state index is 10.7. The smallest absolute Gasteiger partial charge is 0.272 e. The van der Waals surface area contributed by atoms with Crippen LogP contribution in [0.1, 0.15) is 5.56 Å². The second kappa shape index (κ2) is 5.14. The summed E-state index contributed by atoms with van der Waals surface area (Å²) < 4.78 is 6.34. The summed E-state index contributed by atoms with van der Waals surface area (Å²) in [6.45, 7) is 1.67. The molecule has 0 aliphatic carbocycles. The minimum absolute atomic E-state index is 0.0798. The predicted molar refractivity (Wildman–Crippen MR) is 69.8 cm³/mol. The van der Waals surface area contributed by atoms with Gasteiger partial charge in [0.2, 0.25) is 0 Å². The van der Waals surface area contributed by atoms with Crippen molar-refractivity contribution in [3.8, 4) is 11.5 Å². The van der Waals surface area contributed by atoms with E-state index in [1.54, 1.807) is 37.5 Å². The normalized spacial score (nSPS) is 10.1. The van der Waals surface area contributed by atoms with E-state index in [9.17, 15) is 10.1 Å². The van der Waals surface area contributed by atoms with Gasteiger partial charge in [0, 0.05) is 30.1 Å². The number of halogens is 1. The lowest BCUT2D eigenvalue weighted by atomic mass is 10.2. The van der Waals surface area contributed by atoms with Gasteiger partial charge in [-0.1, -0.05) is 0 Å². The Kier molecular flexibility index (Phi) is 3.57. The molecule has 1 heterocycles. The monoisotopic (exact) mass is 308 g/mol. The molecule has 1 aromatic carbocycles. The Morgan fingerprint density at radius 2 is 2.17 bits per heavy atom. The number of pyridine rings is 1. The molecule has 0 aliphatic rings. The van der Waals surface area contributed by atoms with Gasteiger partial charge in [0.25, 0.3) is 5.69 Å². The van der Waals surface area contributed by atoms with Crippen molar-refractivity contribution in [2.24, 2.45) is 0 Å². The van der Waals surface area contributed by atoms with Crippen LogP contribution in [0.5, 0.6) is 11.5 Å². The van der Waals surface area contributed by atoms with Crippen LogP contribution in [0.25, 0.3) is 0 Å². The summed E-state index contributed by atoms with van der Waals surface area (Å²) >= 11 is 3.31. The Balaban J connectivity index is 2.29. The van der Waals surface area contributed by atoms with E-state index in [0.29, 0.717) is 17.1 Å². The Hall–Kier alpha value is -1.95. The molecule has 0 amide bonds. The number of hydrogen-bond acceptors (Lipinski definition) is 4. The van der Waals surface area contributed by atoms with Crippen molar-refractivity contribution in [2.75, 3.05) is 0 Å². The van der Waals surface area contributed by atoms with Crippen molar-refractivity contribution < 1.29 is 9.66 Å². The average molecular weight is 309 g/mol. The highest BCUT2D eigenvalue weighted by Crippen LogP contribution is 2.30. The molecule has 0 unspecified atom stereocenters. The molecular weight excluding hydrogens is 300 g/mol. The predicted octanol–water partition coefficient (Wildman–Crippen LogP) is 3.85. The Morgan fingerprint density at radius 1 is 1.39 bits per heavy atom. The number of hydrogen-bond donors (Lipinski definition) is 0. The molecule has 6 heteroatoms. The lowest BCUT2D eigenvalue weighted by molar-refractivity contribution is -0.385. The van der Waals surface area contributed by atoms with Crippen molar-refractivity contribution >= 4 is 21.6 Å². The van der Waals surface area contributed by atoms with Crippen molar-refractivity contribution in [1.29, 1.82) is 0 Å². The molecule has 2 aromatic rings. The van der Waals surface area contributed by atoms with Crippen LogP contribution in [0.3, 0.4) is 0 Å². The molecule has 18 heavy (non-hydrogen) atoms. The Morgan fingerprint density at radius 3 is 2.78 bits per heavy atom. The third-order valence-electron chi connectivity index (χ3n) is 2.33. The molecule has 0 N–H and O–H groups in total. The summed E-state index contributed by atoms with van der Waals surface area (Å²) in [7, 11) is 0. The first-order valence-electron chi connectivity index (χ1n) is 5.10. The van der Waals surface area contributed by atoms with Crippen LogP contribution in [0.4, 0.5) is 5.69 Å². The van der Waals surface area contributed by atoms with Gasteiger partial charge in [0.15, 0.2) is 0 Å². The van der Waals surface area contributed by atoms with Crippen LogP contribution in [0.15, 0.2) is 41.1 Å². The Bertz CT molecular complexity index is 602. The van der Waals surface area contributed by atoms with E-state index in [-0.39, 0.29) is 5.69 Å². The molecule has 1 aromatic heterocycles. The van der Waals surface area contributed by atoms with E-state index in [1.807, 2.05) is 0 Å². The zero-order valence-electron chi connectivity index (χ0n) is 9.46. The third kappa shape index (κ3) is 2.65. The van der Waals surface area contributed by atoms with E-state index in [0.717, 1.165) is 4.47 Å². The van der Waals surface area contributed by atoms with Crippen molar-refractivity contribution in [1.82, 2.24) is 4.98 Å². The SMILES string of the molecule is Cc1cc(Oc2ccncc2Br)ccc1[N+](=O)[O-]. The highest BCUT2D eigenvalue weighted by atomic mass is 79.9. The standard InChI is InChI=1S/C12H9BrN2O3/c1-8-6-9(2-3-11(8)15(16)17)18-12-4-5-14-7-10(12)13/h2-7H,1H3. The topological polar surface area (TPSA) is 65.3 Å². The number of aryl methyl sites for hydroxylation is 1. The van der Waals surface area contributed by atoms with Crippen molar-refractivity contribution in [3.05, 3.63) is 56.8 Å². The van der Waals surface area contributed by atoms with Crippen LogP contribution in [-0.4, -0.2) is 9.91 Å². The molecule has 0 aliphatic heterocycles. The maximum atomic E-state index is 10.7. The van der Waals surface area contributed by atoms with E-state index in [4.69, 9.17) is 4.74 Å². The molecule has 5 nitrogen and oxygen atoms in total. The van der Waals surface area contributed by atoms with Gasteiger partial charge in [-0.05, 0) is 35.0 Å². The second-order valence-electron chi connectivity index (χ2n) is 3.61. The number of ether oxygens (including phenoxy) is 1.